The normalized spacial score (nSPS) is 11.4. The molecule has 1 aromatic carbocycles. The van der Waals surface area contributed by atoms with Crippen molar-refractivity contribution in [3.8, 4) is 11.5 Å². The smallest absolute Gasteiger partial charge is 0.146 e. The first kappa shape index (κ1) is 13.1. The third-order valence-corrected chi connectivity index (χ3v) is 2.81. The second kappa shape index (κ2) is 4.52. The van der Waals surface area contributed by atoms with Crippen LogP contribution in [0.25, 0.3) is 0 Å². The third-order valence-electron chi connectivity index (χ3n) is 2.46. The summed E-state index contributed by atoms with van der Waals surface area (Å²) in [6.07, 6.45) is 0. The molecular formula is C12H18ClNO2. The van der Waals surface area contributed by atoms with E-state index in [0.717, 1.165) is 11.1 Å². The van der Waals surface area contributed by atoms with Gasteiger partial charge in [0.25, 0.3) is 0 Å². The maximum atomic E-state index is 6.22. The van der Waals surface area contributed by atoms with Gasteiger partial charge in [0.15, 0.2) is 0 Å². The lowest BCUT2D eigenvalue weighted by atomic mass is 9.92. The number of hydrogen-bond donors (Lipinski definition) is 1. The minimum Gasteiger partial charge on any atom is -0.495 e. The van der Waals surface area contributed by atoms with E-state index in [-0.39, 0.29) is 0 Å². The Kier molecular flexibility index (Phi) is 3.71. The zero-order valence-electron chi connectivity index (χ0n) is 10.3. The summed E-state index contributed by atoms with van der Waals surface area (Å²) >= 11 is 6.22. The molecule has 0 fully saturated rings. The van der Waals surface area contributed by atoms with Crippen LogP contribution in [0.2, 0.25) is 5.02 Å². The molecule has 0 unspecified atom stereocenters. The van der Waals surface area contributed by atoms with Gasteiger partial charge < -0.3 is 15.2 Å². The van der Waals surface area contributed by atoms with Gasteiger partial charge in [-0.2, -0.15) is 0 Å². The summed E-state index contributed by atoms with van der Waals surface area (Å²) < 4.78 is 10.5. The fraction of sp³-hybridized carbons (Fsp3) is 0.500. The lowest BCUT2D eigenvalue weighted by molar-refractivity contribution is 0.379. The van der Waals surface area contributed by atoms with Crippen LogP contribution >= 0.6 is 11.6 Å². The highest BCUT2D eigenvalue weighted by atomic mass is 35.5. The van der Waals surface area contributed by atoms with Crippen LogP contribution in [0.15, 0.2) is 6.07 Å². The van der Waals surface area contributed by atoms with Gasteiger partial charge >= 0.3 is 0 Å². The predicted molar refractivity (Wildman–Crippen MR) is 66.5 cm³/mol. The van der Waals surface area contributed by atoms with Crippen LogP contribution < -0.4 is 15.2 Å². The highest BCUT2D eigenvalue weighted by Gasteiger charge is 2.24. The van der Waals surface area contributed by atoms with Crippen molar-refractivity contribution < 1.29 is 9.47 Å². The molecule has 0 aromatic heterocycles. The quantitative estimate of drug-likeness (QED) is 0.888. The Hall–Kier alpha value is -0.930. The number of ether oxygens (including phenoxy) is 2. The molecule has 0 atom stereocenters. The zero-order chi connectivity index (χ0) is 12.5. The average Bonchev–Trinajstić information content (AvgIpc) is 2.16. The van der Waals surface area contributed by atoms with Gasteiger partial charge in [0.2, 0.25) is 0 Å². The Labute approximate surface area is 101 Å². The summed E-state index contributed by atoms with van der Waals surface area (Å²) in [5.41, 5.74) is 7.39. The summed E-state index contributed by atoms with van der Waals surface area (Å²) in [5, 5.41) is 0.471. The van der Waals surface area contributed by atoms with E-state index in [4.69, 9.17) is 26.8 Å². The molecule has 0 bridgehead atoms. The van der Waals surface area contributed by atoms with Gasteiger partial charge in [-0.15, -0.1) is 0 Å². The summed E-state index contributed by atoms with van der Waals surface area (Å²) in [6, 6.07) is 1.95. The Morgan fingerprint density at radius 1 is 1.19 bits per heavy atom. The fourth-order valence-corrected chi connectivity index (χ4v) is 2.08. The number of halogens is 1. The molecule has 0 aliphatic carbocycles. The highest BCUT2D eigenvalue weighted by Crippen LogP contribution is 2.42. The second-order valence-electron chi connectivity index (χ2n) is 4.34. The number of nitrogens with two attached hydrogens (primary N) is 1. The first-order chi connectivity index (χ1) is 7.32. The van der Waals surface area contributed by atoms with Crippen LogP contribution in [0, 0.1) is 6.92 Å². The SMILES string of the molecule is COc1c(C)cc(C(C)(C)N)c(OC)c1Cl. The zero-order valence-corrected chi connectivity index (χ0v) is 11.1. The monoisotopic (exact) mass is 243 g/mol. The van der Waals surface area contributed by atoms with Crippen molar-refractivity contribution >= 4 is 11.6 Å². The Morgan fingerprint density at radius 3 is 2.06 bits per heavy atom. The van der Waals surface area contributed by atoms with Crippen LogP contribution in [0.1, 0.15) is 25.0 Å². The maximum Gasteiger partial charge on any atom is 0.146 e. The van der Waals surface area contributed by atoms with Gasteiger partial charge in [-0.3, -0.25) is 0 Å². The largest absolute Gasteiger partial charge is 0.495 e. The van der Waals surface area contributed by atoms with E-state index in [1.165, 1.54) is 0 Å². The Balaban J connectivity index is 3.53. The molecule has 3 nitrogen and oxygen atoms in total. The van der Waals surface area contributed by atoms with Gasteiger partial charge in [-0.25, -0.2) is 0 Å². The minimum absolute atomic E-state index is 0.471. The van der Waals surface area contributed by atoms with E-state index in [1.807, 2.05) is 26.8 Å². The molecular weight excluding hydrogens is 226 g/mol. The van der Waals surface area contributed by atoms with Gasteiger partial charge in [-0.1, -0.05) is 11.6 Å². The average molecular weight is 244 g/mol. The summed E-state index contributed by atoms with van der Waals surface area (Å²) in [5.74, 6) is 1.21. The summed E-state index contributed by atoms with van der Waals surface area (Å²) in [6.45, 7) is 5.75. The second-order valence-corrected chi connectivity index (χ2v) is 4.72. The molecule has 0 amide bonds. The molecule has 1 rings (SSSR count). The lowest BCUT2D eigenvalue weighted by Gasteiger charge is -2.24. The van der Waals surface area contributed by atoms with Crippen molar-refractivity contribution in [1.29, 1.82) is 0 Å². The van der Waals surface area contributed by atoms with Crippen molar-refractivity contribution in [2.24, 2.45) is 5.73 Å². The molecule has 4 heteroatoms. The van der Waals surface area contributed by atoms with E-state index >= 15 is 0 Å². The first-order valence-electron chi connectivity index (χ1n) is 5.03. The standard InChI is InChI=1S/C12H18ClNO2/c1-7-6-8(12(2,3)14)11(16-5)9(13)10(7)15-4/h6H,14H2,1-5H3. The van der Waals surface area contributed by atoms with E-state index in [1.54, 1.807) is 14.2 Å². The van der Waals surface area contributed by atoms with Crippen LogP contribution in [-0.4, -0.2) is 14.2 Å². The molecule has 0 saturated heterocycles. The van der Waals surface area contributed by atoms with Gasteiger partial charge in [-0.05, 0) is 32.4 Å². The van der Waals surface area contributed by atoms with Crippen LogP contribution in [-0.2, 0) is 5.54 Å². The van der Waals surface area contributed by atoms with Crippen LogP contribution in [0.5, 0.6) is 11.5 Å². The van der Waals surface area contributed by atoms with Crippen molar-refractivity contribution in [2.75, 3.05) is 14.2 Å². The van der Waals surface area contributed by atoms with Crippen LogP contribution in [0.3, 0.4) is 0 Å². The Bertz CT molecular complexity index is 397. The maximum absolute atomic E-state index is 6.22. The highest BCUT2D eigenvalue weighted by molar-refractivity contribution is 6.33. The molecule has 0 heterocycles. The minimum atomic E-state index is -0.508. The predicted octanol–water partition coefficient (Wildman–Crippen LogP) is 2.86. The molecule has 0 aliphatic rings. The lowest BCUT2D eigenvalue weighted by Crippen LogP contribution is -2.29. The Morgan fingerprint density at radius 2 is 1.69 bits per heavy atom. The van der Waals surface area contributed by atoms with Gasteiger partial charge in [0, 0.05) is 11.1 Å². The van der Waals surface area contributed by atoms with Crippen molar-refractivity contribution in [1.82, 2.24) is 0 Å². The van der Waals surface area contributed by atoms with E-state index in [2.05, 4.69) is 0 Å². The van der Waals surface area contributed by atoms with Gasteiger partial charge in [0.1, 0.15) is 16.5 Å². The van der Waals surface area contributed by atoms with Crippen molar-refractivity contribution in [3.63, 3.8) is 0 Å². The molecule has 2 N–H and O–H groups in total. The molecule has 16 heavy (non-hydrogen) atoms. The van der Waals surface area contributed by atoms with E-state index in [0.29, 0.717) is 16.5 Å². The summed E-state index contributed by atoms with van der Waals surface area (Å²) in [4.78, 5) is 0. The number of aryl methyl sites for hydroxylation is 1. The number of rotatable bonds is 3. The number of benzene rings is 1. The first-order valence-corrected chi connectivity index (χ1v) is 5.41. The molecule has 0 saturated carbocycles. The van der Waals surface area contributed by atoms with Crippen LogP contribution in [0.4, 0.5) is 0 Å². The van der Waals surface area contributed by atoms with Crippen molar-refractivity contribution in [2.45, 2.75) is 26.3 Å². The van der Waals surface area contributed by atoms with E-state index in [9.17, 15) is 0 Å². The number of hydrogen-bond acceptors (Lipinski definition) is 3. The van der Waals surface area contributed by atoms with Gasteiger partial charge in [0.05, 0.1) is 14.2 Å². The number of methoxy groups -OCH3 is 2. The fourth-order valence-electron chi connectivity index (χ4n) is 1.67. The van der Waals surface area contributed by atoms with E-state index < -0.39 is 5.54 Å². The van der Waals surface area contributed by atoms with Crippen molar-refractivity contribution in [3.05, 3.63) is 22.2 Å². The molecule has 0 radical (unpaired) electrons. The molecule has 0 spiro atoms. The molecule has 1 aromatic rings. The third kappa shape index (κ3) is 2.25. The summed E-state index contributed by atoms with van der Waals surface area (Å²) in [7, 11) is 3.16. The molecule has 0 aliphatic heterocycles. The topological polar surface area (TPSA) is 44.5 Å². The molecule has 90 valence electrons.